The van der Waals surface area contributed by atoms with Crippen LogP contribution in [0.25, 0.3) is 5.65 Å². The van der Waals surface area contributed by atoms with Crippen LogP contribution in [0.4, 0.5) is 5.69 Å². The molecule has 0 unspecified atom stereocenters. The number of carbonyl (C=O) groups is 1. The summed E-state index contributed by atoms with van der Waals surface area (Å²) in [6, 6.07) is 5.96. The number of aryl methyl sites for hydroxylation is 3. The standard InChI is InChI=1S/C19H20N4O5/c1-11-9-18-20-12(2)15(13(3)22(18)21-11)6-8-19(24)28-17-7-5-14(27-4)10-16(17)23(25)26/h5,7,9-10H,6,8H2,1-4H3. The highest BCUT2D eigenvalue weighted by atomic mass is 16.6. The van der Waals surface area contributed by atoms with Gasteiger partial charge in [0.1, 0.15) is 5.75 Å². The zero-order valence-corrected chi connectivity index (χ0v) is 16.1. The van der Waals surface area contributed by atoms with E-state index in [-0.39, 0.29) is 17.9 Å². The summed E-state index contributed by atoms with van der Waals surface area (Å²) in [6.07, 6.45) is 0.445. The highest BCUT2D eigenvalue weighted by Gasteiger charge is 2.20. The Bertz CT molecular complexity index is 1070. The van der Waals surface area contributed by atoms with Gasteiger partial charge < -0.3 is 9.47 Å². The lowest BCUT2D eigenvalue weighted by Gasteiger charge is -2.11. The van der Waals surface area contributed by atoms with Gasteiger partial charge >= 0.3 is 11.7 Å². The molecule has 0 spiro atoms. The van der Waals surface area contributed by atoms with Gasteiger partial charge in [0.15, 0.2) is 5.65 Å². The largest absolute Gasteiger partial charge is 0.496 e. The Labute approximate surface area is 161 Å². The van der Waals surface area contributed by atoms with Crippen molar-refractivity contribution in [2.45, 2.75) is 33.6 Å². The number of rotatable bonds is 6. The molecule has 146 valence electrons. The molecule has 3 rings (SSSR count). The topological polar surface area (TPSA) is 109 Å². The lowest BCUT2D eigenvalue weighted by Crippen LogP contribution is -2.13. The number of benzene rings is 1. The maximum Gasteiger partial charge on any atom is 0.315 e. The molecule has 0 aliphatic rings. The molecule has 0 aliphatic heterocycles. The quantitative estimate of drug-likeness (QED) is 0.278. The monoisotopic (exact) mass is 384 g/mol. The molecule has 0 saturated heterocycles. The van der Waals surface area contributed by atoms with E-state index in [0.717, 1.165) is 28.3 Å². The smallest absolute Gasteiger partial charge is 0.315 e. The van der Waals surface area contributed by atoms with Crippen LogP contribution in [-0.4, -0.2) is 32.6 Å². The third kappa shape index (κ3) is 3.78. The number of hydrogen-bond donors (Lipinski definition) is 0. The lowest BCUT2D eigenvalue weighted by molar-refractivity contribution is -0.385. The molecule has 9 heteroatoms. The molecular weight excluding hydrogens is 364 g/mol. The van der Waals surface area contributed by atoms with E-state index in [2.05, 4.69) is 10.1 Å². The maximum atomic E-state index is 12.3. The van der Waals surface area contributed by atoms with Crippen molar-refractivity contribution in [2.24, 2.45) is 0 Å². The van der Waals surface area contributed by atoms with Crippen LogP contribution in [0.3, 0.4) is 0 Å². The Morgan fingerprint density at radius 3 is 2.68 bits per heavy atom. The van der Waals surface area contributed by atoms with Crippen molar-refractivity contribution in [3.8, 4) is 11.5 Å². The van der Waals surface area contributed by atoms with Crippen LogP contribution < -0.4 is 9.47 Å². The summed E-state index contributed by atoms with van der Waals surface area (Å²) in [5.41, 5.74) is 3.91. The first kappa shape index (κ1) is 19.3. The van der Waals surface area contributed by atoms with E-state index in [0.29, 0.717) is 12.2 Å². The Balaban J connectivity index is 1.77. The third-order valence-electron chi connectivity index (χ3n) is 4.45. The van der Waals surface area contributed by atoms with E-state index in [1.807, 2.05) is 26.8 Å². The summed E-state index contributed by atoms with van der Waals surface area (Å²) in [4.78, 5) is 27.4. The van der Waals surface area contributed by atoms with Gasteiger partial charge in [-0.15, -0.1) is 0 Å². The first-order chi connectivity index (χ1) is 13.3. The minimum absolute atomic E-state index is 0.0539. The van der Waals surface area contributed by atoms with Crippen molar-refractivity contribution in [3.05, 3.63) is 57.0 Å². The molecule has 9 nitrogen and oxygen atoms in total. The number of carbonyl (C=O) groups excluding carboxylic acids is 1. The average Bonchev–Trinajstić information content (AvgIpc) is 3.02. The second kappa shape index (κ2) is 7.63. The van der Waals surface area contributed by atoms with Crippen LogP contribution in [0.15, 0.2) is 24.3 Å². The molecule has 28 heavy (non-hydrogen) atoms. The van der Waals surface area contributed by atoms with Crippen LogP contribution in [0.1, 0.15) is 29.1 Å². The number of esters is 1. The molecule has 0 N–H and O–H groups in total. The molecule has 1 aromatic carbocycles. The molecule has 0 radical (unpaired) electrons. The van der Waals surface area contributed by atoms with Crippen molar-refractivity contribution in [1.82, 2.24) is 14.6 Å². The van der Waals surface area contributed by atoms with E-state index in [1.54, 1.807) is 4.52 Å². The van der Waals surface area contributed by atoms with Gasteiger partial charge in [0.05, 0.1) is 30.2 Å². The Morgan fingerprint density at radius 1 is 1.25 bits per heavy atom. The fraction of sp³-hybridized carbons (Fsp3) is 0.316. The van der Waals surface area contributed by atoms with Crippen molar-refractivity contribution in [3.63, 3.8) is 0 Å². The average molecular weight is 384 g/mol. The number of nitrogens with zero attached hydrogens (tertiary/aromatic N) is 4. The van der Waals surface area contributed by atoms with Gasteiger partial charge in [-0.3, -0.25) is 14.9 Å². The van der Waals surface area contributed by atoms with Crippen LogP contribution in [-0.2, 0) is 11.2 Å². The summed E-state index contributed by atoms with van der Waals surface area (Å²) in [5.74, 6) is -0.365. The summed E-state index contributed by atoms with van der Waals surface area (Å²) in [6.45, 7) is 5.69. The SMILES string of the molecule is COc1ccc(OC(=O)CCc2c(C)nc3cc(C)nn3c2C)c([N+](=O)[O-])c1. The van der Waals surface area contributed by atoms with Crippen molar-refractivity contribution in [2.75, 3.05) is 7.11 Å². The lowest BCUT2D eigenvalue weighted by atomic mass is 10.1. The number of aromatic nitrogens is 3. The number of methoxy groups -OCH3 is 1. The van der Waals surface area contributed by atoms with Gasteiger partial charge in [0.2, 0.25) is 5.75 Å². The van der Waals surface area contributed by atoms with Gasteiger partial charge in [-0.2, -0.15) is 5.10 Å². The highest BCUT2D eigenvalue weighted by Crippen LogP contribution is 2.31. The molecule has 2 heterocycles. The summed E-state index contributed by atoms with van der Waals surface area (Å²) < 4.78 is 11.9. The van der Waals surface area contributed by atoms with Gasteiger partial charge in [-0.05, 0) is 44.9 Å². The first-order valence-corrected chi connectivity index (χ1v) is 8.65. The molecule has 0 aliphatic carbocycles. The molecule has 3 aromatic rings. The highest BCUT2D eigenvalue weighted by molar-refractivity contribution is 5.74. The first-order valence-electron chi connectivity index (χ1n) is 8.65. The molecule has 0 atom stereocenters. The molecule has 0 bridgehead atoms. The zero-order valence-electron chi connectivity index (χ0n) is 16.1. The summed E-state index contributed by atoms with van der Waals surface area (Å²) in [7, 11) is 1.40. The van der Waals surface area contributed by atoms with Crippen LogP contribution >= 0.6 is 0 Å². The molecule has 0 amide bonds. The van der Waals surface area contributed by atoms with Gasteiger partial charge in [0.25, 0.3) is 0 Å². The minimum atomic E-state index is -0.614. The third-order valence-corrected chi connectivity index (χ3v) is 4.45. The van der Waals surface area contributed by atoms with Crippen molar-refractivity contribution < 1.29 is 19.2 Å². The van der Waals surface area contributed by atoms with Crippen LogP contribution in [0, 0.1) is 30.9 Å². The van der Waals surface area contributed by atoms with Gasteiger partial charge in [-0.25, -0.2) is 9.50 Å². The normalized spacial score (nSPS) is 10.9. The van der Waals surface area contributed by atoms with E-state index >= 15 is 0 Å². The summed E-state index contributed by atoms with van der Waals surface area (Å²) in [5, 5.41) is 15.6. The number of nitro benzene ring substituents is 1. The molecular formula is C19H20N4O5. The van der Waals surface area contributed by atoms with Crippen molar-refractivity contribution >= 4 is 17.3 Å². The predicted octanol–water partition coefficient (Wildman–Crippen LogP) is 3.11. The molecule has 2 aromatic heterocycles. The van der Waals surface area contributed by atoms with Gasteiger partial charge in [0, 0.05) is 17.5 Å². The van der Waals surface area contributed by atoms with Gasteiger partial charge in [-0.1, -0.05) is 0 Å². The Kier molecular flexibility index (Phi) is 5.25. The van der Waals surface area contributed by atoms with E-state index < -0.39 is 10.9 Å². The van der Waals surface area contributed by atoms with E-state index in [4.69, 9.17) is 9.47 Å². The predicted molar refractivity (Wildman–Crippen MR) is 101 cm³/mol. The van der Waals surface area contributed by atoms with E-state index in [1.165, 1.54) is 25.3 Å². The summed E-state index contributed by atoms with van der Waals surface area (Å²) >= 11 is 0. The Morgan fingerprint density at radius 2 is 2.00 bits per heavy atom. The van der Waals surface area contributed by atoms with Crippen molar-refractivity contribution in [1.29, 1.82) is 0 Å². The fourth-order valence-electron chi connectivity index (χ4n) is 3.06. The number of ether oxygens (including phenoxy) is 2. The Hall–Kier alpha value is -3.49. The molecule has 0 saturated carbocycles. The number of nitro groups is 1. The van der Waals surface area contributed by atoms with Crippen LogP contribution in [0.2, 0.25) is 0 Å². The second-order valence-corrected chi connectivity index (χ2v) is 6.38. The van der Waals surface area contributed by atoms with E-state index in [9.17, 15) is 14.9 Å². The fourth-order valence-corrected chi connectivity index (χ4v) is 3.06. The maximum absolute atomic E-state index is 12.3. The zero-order chi connectivity index (χ0) is 20.4. The van der Waals surface area contributed by atoms with Crippen LogP contribution in [0.5, 0.6) is 11.5 Å². The molecule has 0 fully saturated rings. The second-order valence-electron chi connectivity index (χ2n) is 6.38. The number of fused-ring (bicyclic) bond motifs is 1. The number of hydrogen-bond acceptors (Lipinski definition) is 7. The minimum Gasteiger partial charge on any atom is -0.496 e.